The maximum absolute atomic E-state index is 12.3. The average molecular weight is 482 g/mol. The first-order valence-corrected chi connectivity index (χ1v) is 9.96. The summed E-state index contributed by atoms with van der Waals surface area (Å²) in [5.74, 6) is 0.138. The Kier molecular flexibility index (Phi) is 4.96. The Morgan fingerprint density at radius 2 is 1.86 bits per heavy atom. The van der Waals surface area contributed by atoms with Crippen LogP contribution in [0.2, 0.25) is 5.02 Å². The van der Waals surface area contributed by atoms with Gasteiger partial charge in [0.25, 0.3) is 5.56 Å². The molecule has 4 aromatic rings. The highest BCUT2D eigenvalue weighted by Gasteiger charge is 2.14. The predicted molar refractivity (Wildman–Crippen MR) is 109 cm³/mol. The van der Waals surface area contributed by atoms with Gasteiger partial charge in [-0.2, -0.15) is 9.61 Å². The van der Waals surface area contributed by atoms with E-state index in [1.165, 1.54) is 4.52 Å². The van der Waals surface area contributed by atoms with Gasteiger partial charge in [-0.1, -0.05) is 51.4 Å². The number of thioether (sulfide) groups is 1. The minimum atomic E-state index is -0.675. The molecule has 0 atom stereocenters. The molecule has 0 spiro atoms. The van der Waals surface area contributed by atoms with Crippen molar-refractivity contribution in [1.82, 2.24) is 29.5 Å². The number of fused-ring (bicyclic) bond motifs is 1. The summed E-state index contributed by atoms with van der Waals surface area (Å²) in [6.45, 7) is 0. The van der Waals surface area contributed by atoms with Gasteiger partial charge in [-0.05, 0) is 17.7 Å². The van der Waals surface area contributed by atoms with Crippen LogP contribution in [0.5, 0.6) is 0 Å². The fraction of sp³-hybridized carbons (Fsp3) is 0.0625. The third kappa shape index (κ3) is 3.55. The average Bonchev–Trinajstić information content (AvgIpc) is 3.08. The Morgan fingerprint density at radius 1 is 1.11 bits per heavy atom. The minimum Gasteiger partial charge on any atom is -0.309 e. The van der Waals surface area contributed by atoms with Gasteiger partial charge in [-0.25, -0.2) is 14.6 Å². The van der Waals surface area contributed by atoms with Crippen molar-refractivity contribution >= 4 is 44.9 Å². The van der Waals surface area contributed by atoms with Gasteiger partial charge >= 0.3 is 11.4 Å². The number of halogens is 2. The van der Waals surface area contributed by atoms with Crippen molar-refractivity contribution in [1.29, 1.82) is 0 Å². The minimum absolute atomic E-state index is 0.115. The van der Waals surface area contributed by atoms with E-state index in [-0.39, 0.29) is 16.5 Å². The first-order chi connectivity index (χ1) is 13.4. The van der Waals surface area contributed by atoms with Crippen molar-refractivity contribution in [2.24, 2.45) is 0 Å². The SMILES string of the molecule is O=c1[nH]c(CSc2nc3c(-c4ccc(Br)cc4)cnn3c(=O)[nH]2)c(Cl)c(=O)[nH]1. The largest absolute Gasteiger partial charge is 0.350 e. The molecule has 0 aliphatic heterocycles. The second-order valence-corrected chi connectivity index (χ2v) is 7.89. The van der Waals surface area contributed by atoms with Crippen LogP contribution in [0, 0.1) is 0 Å². The Hall–Kier alpha value is -2.63. The molecule has 0 radical (unpaired) electrons. The predicted octanol–water partition coefficient (Wildman–Crippen LogP) is 2.17. The molecule has 0 saturated heterocycles. The highest BCUT2D eigenvalue weighted by molar-refractivity contribution is 9.10. The number of hydrogen-bond acceptors (Lipinski definition) is 6. The van der Waals surface area contributed by atoms with Crippen LogP contribution in [-0.2, 0) is 5.75 Å². The van der Waals surface area contributed by atoms with Crippen LogP contribution in [0.25, 0.3) is 16.8 Å². The molecule has 0 fully saturated rings. The van der Waals surface area contributed by atoms with E-state index in [2.05, 4.69) is 36.0 Å². The maximum atomic E-state index is 12.3. The number of rotatable bonds is 4. The van der Waals surface area contributed by atoms with E-state index in [4.69, 9.17) is 11.6 Å². The van der Waals surface area contributed by atoms with Crippen molar-refractivity contribution in [3.63, 3.8) is 0 Å². The second kappa shape index (κ2) is 7.41. The van der Waals surface area contributed by atoms with Crippen molar-refractivity contribution < 1.29 is 0 Å². The summed E-state index contributed by atoms with van der Waals surface area (Å²) in [4.78, 5) is 46.9. The lowest BCUT2D eigenvalue weighted by Gasteiger charge is -2.04. The number of H-pyrrole nitrogens is 3. The first kappa shape index (κ1) is 18.7. The van der Waals surface area contributed by atoms with E-state index in [1.807, 2.05) is 29.2 Å². The van der Waals surface area contributed by atoms with Crippen LogP contribution in [0.3, 0.4) is 0 Å². The normalized spacial score (nSPS) is 11.2. The van der Waals surface area contributed by atoms with Gasteiger partial charge in [0.2, 0.25) is 0 Å². The van der Waals surface area contributed by atoms with Crippen LogP contribution in [0.15, 0.2) is 54.5 Å². The van der Waals surface area contributed by atoms with Crippen LogP contribution in [-0.4, -0.2) is 29.5 Å². The zero-order chi connectivity index (χ0) is 19.8. The maximum Gasteiger partial charge on any atom is 0.350 e. The molecule has 0 unspecified atom stereocenters. The van der Waals surface area contributed by atoms with E-state index in [1.54, 1.807) is 6.20 Å². The van der Waals surface area contributed by atoms with Crippen LogP contribution < -0.4 is 16.9 Å². The van der Waals surface area contributed by atoms with E-state index >= 15 is 0 Å². The van der Waals surface area contributed by atoms with Crippen molar-refractivity contribution in [2.45, 2.75) is 10.9 Å². The van der Waals surface area contributed by atoms with Gasteiger partial charge in [-0.3, -0.25) is 14.8 Å². The number of aromatic nitrogens is 6. The third-order valence-electron chi connectivity index (χ3n) is 3.82. The molecular formula is C16H10BrClN6O3S. The fourth-order valence-electron chi connectivity index (χ4n) is 2.53. The third-order valence-corrected chi connectivity index (χ3v) is 5.65. The van der Waals surface area contributed by atoms with E-state index in [9.17, 15) is 14.4 Å². The molecule has 4 rings (SSSR count). The standard InChI is InChI=1S/C16H10BrClN6O3S/c17-8-3-1-7(2-4-8)9-5-19-24-12(9)21-15(23-16(24)27)28-6-10-11(18)13(25)22-14(26)20-10/h1-5H,6H2,(H,21,23,27)(H2,20,22,25,26). The topological polar surface area (TPSA) is 129 Å². The van der Waals surface area contributed by atoms with Crippen molar-refractivity contribution in [3.05, 3.63) is 77.0 Å². The van der Waals surface area contributed by atoms with Gasteiger partial charge in [0.15, 0.2) is 10.8 Å². The van der Waals surface area contributed by atoms with Crippen molar-refractivity contribution in [3.8, 4) is 11.1 Å². The highest BCUT2D eigenvalue weighted by Crippen LogP contribution is 2.26. The smallest absolute Gasteiger partial charge is 0.309 e. The van der Waals surface area contributed by atoms with Gasteiger partial charge in [0, 0.05) is 15.8 Å². The Bertz CT molecular complexity index is 1360. The lowest BCUT2D eigenvalue weighted by Crippen LogP contribution is -2.24. The lowest BCUT2D eigenvalue weighted by atomic mass is 10.1. The molecule has 0 saturated carbocycles. The van der Waals surface area contributed by atoms with Crippen LogP contribution >= 0.6 is 39.3 Å². The van der Waals surface area contributed by atoms with E-state index in [0.717, 1.165) is 21.8 Å². The van der Waals surface area contributed by atoms with Crippen LogP contribution in [0.1, 0.15) is 5.69 Å². The Morgan fingerprint density at radius 3 is 2.61 bits per heavy atom. The van der Waals surface area contributed by atoms with Gasteiger partial charge < -0.3 is 4.98 Å². The molecule has 28 heavy (non-hydrogen) atoms. The van der Waals surface area contributed by atoms with Crippen LogP contribution in [0.4, 0.5) is 0 Å². The van der Waals surface area contributed by atoms with Gasteiger partial charge in [0.1, 0.15) is 5.02 Å². The number of aromatic amines is 3. The summed E-state index contributed by atoms with van der Waals surface area (Å²) < 4.78 is 2.10. The molecule has 9 nitrogen and oxygen atoms in total. The molecule has 0 aliphatic rings. The molecule has 1 aromatic carbocycles. The number of hydrogen-bond donors (Lipinski definition) is 3. The van der Waals surface area contributed by atoms with E-state index < -0.39 is 16.9 Å². The summed E-state index contributed by atoms with van der Waals surface area (Å²) in [6.07, 6.45) is 1.57. The quantitative estimate of drug-likeness (QED) is 0.383. The summed E-state index contributed by atoms with van der Waals surface area (Å²) in [5, 5.41) is 4.27. The molecule has 0 bridgehead atoms. The van der Waals surface area contributed by atoms with E-state index in [0.29, 0.717) is 16.4 Å². The molecule has 12 heteroatoms. The molecule has 0 aliphatic carbocycles. The molecule has 3 heterocycles. The van der Waals surface area contributed by atoms with Gasteiger partial charge in [0.05, 0.1) is 11.9 Å². The number of benzene rings is 1. The summed E-state index contributed by atoms with van der Waals surface area (Å²) in [5.41, 5.74) is 0.392. The molecule has 142 valence electrons. The molecule has 3 aromatic heterocycles. The molecular weight excluding hydrogens is 472 g/mol. The van der Waals surface area contributed by atoms with Crippen molar-refractivity contribution in [2.75, 3.05) is 0 Å². The lowest BCUT2D eigenvalue weighted by molar-refractivity contribution is 0.786. The Balaban J connectivity index is 1.72. The first-order valence-electron chi connectivity index (χ1n) is 7.80. The summed E-state index contributed by atoms with van der Waals surface area (Å²) >= 11 is 10.4. The zero-order valence-corrected chi connectivity index (χ0v) is 17.0. The second-order valence-electron chi connectivity index (χ2n) is 5.64. The fourth-order valence-corrected chi connectivity index (χ4v) is 3.84. The summed E-state index contributed by atoms with van der Waals surface area (Å²) in [6, 6.07) is 7.54. The zero-order valence-electron chi connectivity index (χ0n) is 13.8. The van der Waals surface area contributed by atoms with Gasteiger partial charge in [-0.15, -0.1) is 0 Å². The molecule has 3 N–H and O–H groups in total. The number of nitrogens with one attached hydrogen (secondary N) is 3. The molecule has 0 amide bonds. The Labute approximate surface area is 173 Å². The number of nitrogens with zero attached hydrogens (tertiary/aromatic N) is 3. The highest BCUT2D eigenvalue weighted by atomic mass is 79.9. The monoisotopic (exact) mass is 480 g/mol. The summed E-state index contributed by atoms with van der Waals surface area (Å²) in [7, 11) is 0.